The van der Waals surface area contributed by atoms with Gasteiger partial charge in [-0.15, -0.1) is 11.6 Å². The Labute approximate surface area is 354 Å². The van der Waals surface area contributed by atoms with Crippen LogP contribution in [0.2, 0.25) is 0 Å². The fourth-order valence-electron chi connectivity index (χ4n) is 8.09. The Balaban J connectivity index is 0.000000194. The molecule has 4 aliphatic carbocycles. The average Bonchev–Trinajstić information content (AvgIpc) is 3.82. The molecule has 0 heterocycles. The van der Waals surface area contributed by atoms with Gasteiger partial charge >= 0.3 is 112 Å². The maximum absolute atomic E-state index is 3.65. The van der Waals surface area contributed by atoms with Gasteiger partial charge in [0, 0.05) is 5.41 Å². The topological polar surface area (TPSA) is 0 Å². The van der Waals surface area contributed by atoms with E-state index in [1.54, 1.807) is 0 Å². The van der Waals surface area contributed by atoms with Crippen LogP contribution >= 0.6 is 0 Å². The maximum atomic E-state index is 3.65. The van der Waals surface area contributed by atoms with E-state index in [-0.39, 0.29) is 35.6 Å². The van der Waals surface area contributed by atoms with Gasteiger partial charge in [-0.2, -0.15) is 17.2 Å². The van der Waals surface area contributed by atoms with Gasteiger partial charge in [-0.05, 0) is 58.4 Å². The molecule has 0 nitrogen and oxygen atoms in total. The first-order valence-electron chi connectivity index (χ1n) is 19.1. The van der Waals surface area contributed by atoms with Crippen molar-refractivity contribution < 1.29 is 49.0 Å². The Morgan fingerprint density at radius 1 is 0.722 bits per heavy atom. The molecule has 0 spiro atoms. The van der Waals surface area contributed by atoms with E-state index >= 15 is 0 Å². The fourth-order valence-corrected chi connectivity index (χ4v) is 8.91. The molecule has 0 bridgehead atoms. The van der Waals surface area contributed by atoms with Gasteiger partial charge in [-0.1, -0.05) is 104 Å². The maximum Gasteiger partial charge on any atom is -1.00 e. The molecule has 0 fully saturated rings. The van der Waals surface area contributed by atoms with Crippen molar-refractivity contribution in [1.82, 2.24) is 0 Å². The zero-order chi connectivity index (χ0) is 37.7. The van der Waals surface area contributed by atoms with Crippen LogP contribution in [0, 0.1) is 37.3 Å². The minimum Gasteiger partial charge on any atom is -1.00 e. The van der Waals surface area contributed by atoms with Gasteiger partial charge in [0.25, 0.3) is 0 Å². The SMILES string of the molecule is CC1=[C-]C(C)(C)c2cc3c(cc21)-c1cc2c(cc1C3)C(C)(C)C=C2C.CCC1[C-]=CC(C(C)(C)C)=C1.Cc1ccc([C](=[Zr+2])c2ccc(C)cc2)cc1.[Cl-].[Cl-]. The molecule has 1 unspecified atom stereocenters. The predicted octanol–water partition coefficient (Wildman–Crippen LogP) is 7.24. The first-order chi connectivity index (χ1) is 24.4. The molecular weight excluding hydrogens is 775 g/mol. The van der Waals surface area contributed by atoms with E-state index in [0.717, 1.165) is 6.42 Å². The monoisotopic (exact) mass is 828 g/mol. The molecule has 54 heavy (non-hydrogen) atoms. The van der Waals surface area contributed by atoms with Gasteiger partial charge in [-0.3, -0.25) is 12.2 Å². The molecule has 0 radical (unpaired) electrons. The molecule has 0 aliphatic heterocycles. The number of allylic oxidation sites excluding steroid dienone is 8. The summed E-state index contributed by atoms with van der Waals surface area (Å²) in [5.74, 6) is 0.573. The van der Waals surface area contributed by atoms with E-state index in [1.807, 2.05) is 0 Å². The van der Waals surface area contributed by atoms with Crippen LogP contribution in [0.25, 0.3) is 22.3 Å². The summed E-state index contributed by atoms with van der Waals surface area (Å²) in [5, 5.41) is 0. The van der Waals surface area contributed by atoms with Crippen molar-refractivity contribution in [1.29, 1.82) is 0 Å². The van der Waals surface area contributed by atoms with Crippen LogP contribution in [0.4, 0.5) is 0 Å². The van der Waals surface area contributed by atoms with Crippen molar-refractivity contribution in [3.8, 4) is 11.1 Å². The smallest absolute Gasteiger partial charge is 1.00 e. The van der Waals surface area contributed by atoms with Crippen LogP contribution in [0.5, 0.6) is 0 Å². The Morgan fingerprint density at radius 2 is 1.22 bits per heavy atom. The molecule has 0 saturated carbocycles. The third-order valence-corrected chi connectivity index (χ3v) is 12.7. The molecule has 280 valence electrons. The van der Waals surface area contributed by atoms with Gasteiger partial charge in [0.2, 0.25) is 0 Å². The van der Waals surface area contributed by atoms with Crippen LogP contribution in [0.15, 0.2) is 96.6 Å². The quantitative estimate of drug-likeness (QED) is 0.169. The first kappa shape index (κ1) is 43.9. The Morgan fingerprint density at radius 3 is 1.69 bits per heavy atom. The molecule has 3 heteroatoms. The van der Waals surface area contributed by atoms with Crippen LogP contribution in [-0.2, 0) is 41.5 Å². The molecule has 1 atom stereocenters. The summed E-state index contributed by atoms with van der Waals surface area (Å²) in [6, 6.07) is 27.3. The van der Waals surface area contributed by atoms with Crippen LogP contribution in [0.1, 0.15) is 131 Å². The Bertz CT molecular complexity index is 2030. The van der Waals surface area contributed by atoms with E-state index in [1.165, 1.54) is 117 Å². The van der Waals surface area contributed by atoms with Crippen LogP contribution < -0.4 is 24.8 Å². The molecule has 0 aromatic heterocycles. The molecule has 4 aliphatic rings. The number of hydrogen-bond acceptors (Lipinski definition) is 0. The Kier molecular flexibility index (Phi) is 13.6. The van der Waals surface area contributed by atoms with E-state index in [9.17, 15) is 0 Å². The summed E-state index contributed by atoms with van der Waals surface area (Å²) >= 11 is 1.46. The second-order valence-electron chi connectivity index (χ2n) is 17.5. The molecule has 8 rings (SSSR count). The molecule has 4 aromatic carbocycles. The summed E-state index contributed by atoms with van der Waals surface area (Å²) in [6.45, 7) is 26.9. The normalized spacial score (nSPS) is 17.4. The second-order valence-corrected chi connectivity index (χ2v) is 18.7. The molecule has 0 amide bonds. The van der Waals surface area contributed by atoms with E-state index < -0.39 is 0 Å². The number of halogens is 2. The van der Waals surface area contributed by atoms with E-state index in [2.05, 4.69) is 186 Å². The average molecular weight is 831 g/mol. The zero-order valence-electron chi connectivity index (χ0n) is 34.4. The van der Waals surface area contributed by atoms with E-state index in [4.69, 9.17) is 0 Å². The van der Waals surface area contributed by atoms with Crippen molar-refractivity contribution in [2.45, 2.75) is 107 Å². The zero-order valence-corrected chi connectivity index (χ0v) is 38.4. The standard InChI is InChI=1S/C25H25.C15H14.C11H17.2ClH.Zr/c1-14-12-24(3,4)22-8-16-7-17-9-23-19(15(2)13-25(23,5)6)11-21(17)20(16)10-18(14)22;1-12-3-7-14(8-4-12)11-15-9-5-13(2)6-10-15;1-5-9-6-7-10(8-9)11(2,3)4;;;/h8-12H,7H2,1-6H3;3-10H,1-2H3;7-9H,5H2,1-4H3;2*1H;/q-1;;-1;;;+2/p-2. The summed E-state index contributed by atoms with van der Waals surface area (Å²) in [5.41, 5.74) is 21.6. The minimum atomic E-state index is 0. The van der Waals surface area contributed by atoms with E-state index in [0.29, 0.717) is 11.3 Å². The summed E-state index contributed by atoms with van der Waals surface area (Å²) in [7, 11) is 0. The number of benzene rings is 4. The Hall–Kier alpha value is -2.83. The van der Waals surface area contributed by atoms with Crippen molar-refractivity contribution in [3.05, 3.63) is 164 Å². The largest absolute Gasteiger partial charge is 1.00 e. The fraction of sp³-hybridized carbons (Fsp3) is 0.353. The molecule has 0 N–H and O–H groups in total. The van der Waals surface area contributed by atoms with Gasteiger partial charge in [0.05, 0.1) is 0 Å². The third kappa shape index (κ3) is 9.07. The number of rotatable bonds is 3. The summed E-state index contributed by atoms with van der Waals surface area (Å²) in [6.07, 6.45) is 16.1. The van der Waals surface area contributed by atoms with Crippen molar-refractivity contribution in [2.24, 2.45) is 11.3 Å². The molecule has 4 aromatic rings. The molecule has 0 saturated heterocycles. The van der Waals surface area contributed by atoms with Crippen LogP contribution in [-0.4, -0.2) is 3.21 Å². The minimum absolute atomic E-state index is 0. The summed E-state index contributed by atoms with van der Waals surface area (Å²) < 4.78 is 1.42. The van der Waals surface area contributed by atoms with Crippen molar-refractivity contribution in [3.63, 3.8) is 0 Å². The number of aryl methyl sites for hydroxylation is 2. The number of hydrogen-bond donors (Lipinski definition) is 0. The van der Waals surface area contributed by atoms with Gasteiger partial charge in [0.1, 0.15) is 0 Å². The first-order valence-corrected chi connectivity index (χ1v) is 20.3. The molecular formula is C51H56Cl2Zr-2. The third-order valence-electron chi connectivity index (χ3n) is 11.3. The van der Waals surface area contributed by atoms with Gasteiger partial charge in [-0.25, -0.2) is 11.6 Å². The van der Waals surface area contributed by atoms with Crippen molar-refractivity contribution in [2.75, 3.05) is 0 Å². The number of fused-ring (bicyclic) bond motifs is 5. The van der Waals surface area contributed by atoms with Crippen LogP contribution in [0.3, 0.4) is 0 Å². The van der Waals surface area contributed by atoms with Gasteiger partial charge in [0.15, 0.2) is 0 Å². The predicted molar refractivity (Wildman–Crippen MR) is 221 cm³/mol. The second kappa shape index (κ2) is 16.7. The van der Waals surface area contributed by atoms with Gasteiger partial charge < -0.3 is 24.8 Å². The summed E-state index contributed by atoms with van der Waals surface area (Å²) in [4.78, 5) is 0. The van der Waals surface area contributed by atoms with Crippen molar-refractivity contribution >= 4 is 14.4 Å².